The topological polar surface area (TPSA) is 29.1 Å². The number of hydrogen-bond donors (Lipinski definition) is 1. The van der Waals surface area contributed by atoms with Crippen molar-refractivity contribution in [1.29, 1.82) is 0 Å². The highest BCUT2D eigenvalue weighted by atomic mass is 127. The molecule has 0 atom stereocenters. The van der Waals surface area contributed by atoms with Crippen LogP contribution in [0.5, 0.6) is 0 Å². The van der Waals surface area contributed by atoms with Crippen molar-refractivity contribution in [1.82, 2.24) is 0 Å². The number of hydrogen-bond acceptors (Lipinski definition) is 1. The van der Waals surface area contributed by atoms with Gasteiger partial charge in [-0.05, 0) is 58.5 Å². The van der Waals surface area contributed by atoms with E-state index in [2.05, 4.69) is 43.8 Å². The van der Waals surface area contributed by atoms with E-state index in [0.29, 0.717) is 11.4 Å². The molecule has 0 fully saturated rings. The first-order chi connectivity index (χ1) is 9.10. The smallest absolute Gasteiger partial charge is 0.255 e. The minimum absolute atomic E-state index is 0.128. The van der Waals surface area contributed by atoms with Gasteiger partial charge in [0, 0.05) is 19.5 Å². The summed E-state index contributed by atoms with van der Waals surface area (Å²) in [5, 5.41) is 2.90. The number of carbonyl (C=O) groups excluding carboxylic acids is 1. The van der Waals surface area contributed by atoms with Gasteiger partial charge in [0.1, 0.15) is 0 Å². The maximum absolute atomic E-state index is 12.1. The zero-order valence-corrected chi connectivity index (χ0v) is 14.3. The summed E-state index contributed by atoms with van der Waals surface area (Å²) >= 11 is 11.3. The van der Waals surface area contributed by atoms with Gasteiger partial charge in [-0.3, -0.25) is 4.79 Å². The molecular formula is C14H10BrClINO. The van der Waals surface area contributed by atoms with Gasteiger partial charge >= 0.3 is 0 Å². The van der Waals surface area contributed by atoms with Crippen LogP contribution in [0.2, 0.25) is 0 Å². The third-order valence-electron chi connectivity index (χ3n) is 2.55. The monoisotopic (exact) mass is 449 g/mol. The van der Waals surface area contributed by atoms with Crippen LogP contribution in [0.3, 0.4) is 0 Å². The molecule has 0 unspecified atom stereocenters. The van der Waals surface area contributed by atoms with Crippen LogP contribution in [-0.2, 0) is 5.88 Å². The molecule has 0 aliphatic rings. The lowest BCUT2D eigenvalue weighted by Crippen LogP contribution is -2.12. The molecule has 0 aliphatic carbocycles. The summed E-state index contributed by atoms with van der Waals surface area (Å²) in [7, 11) is 0. The van der Waals surface area contributed by atoms with Gasteiger partial charge in [-0.2, -0.15) is 0 Å². The molecular weight excluding hydrogens is 440 g/mol. The van der Waals surface area contributed by atoms with Crippen molar-refractivity contribution in [3.8, 4) is 0 Å². The standard InChI is InChI=1S/C14H10BrClINO/c15-11-5-6-12(17)13(7-11)18-14(19)10-3-1-9(8-16)2-4-10/h1-7H,8H2,(H,18,19). The van der Waals surface area contributed by atoms with Crippen LogP contribution < -0.4 is 5.32 Å². The van der Waals surface area contributed by atoms with Gasteiger partial charge in [-0.15, -0.1) is 11.6 Å². The molecule has 0 bridgehead atoms. The molecule has 1 amide bonds. The predicted molar refractivity (Wildman–Crippen MR) is 90.8 cm³/mol. The zero-order chi connectivity index (χ0) is 13.8. The normalized spacial score (nSPS) is 10.3. The van der Waals surface area contributed by atoms with Crippen molar-refractivity contribution < 1.29 is 4.79 Å². The number of amides is 1. The number of rotatable bonds is 3. The van der Waals surface area contributed by atoms with Gasteiger partial charge in [-0.1, -0.05) is 28.1 Å². The van der Waals surface area contributed by atoms with E-state index in [0.717, 1.165) is 19.3 Å². The van der Waals surface area contributed by atoms with Crippen molar-refractivity contribution in [3.05, 3.63) is 61.6 Å². The van der Waals surface area contributed by atoms with E-state index in [1.165, 1.54) is 0 Å². The van der Waals surface area contributed by atoms with E-state index in [1.54, 1.807) is 12.1 Å². The lowest BCUT2D eigenvalue weighted by Gasteiger charge is -2.08. The Morgan fingerprint density at radius 1 is 1.21 bits per heavy atom. The first-order valence-corrected chi connectivity index (χ1v) is 7.92. The van der Waals surface area contributed by atoms with E-state index in [1.807, 2.05) is 30.3 Å². The Bertz CT molecular complexity index is 601. The lowest BCUT2D eigenvalue weighted by molar-refractivity contribution is 0.102. The molecule has 19 heavy (non-hydrogen) atoms. The molecule has 98 valence electrons. The molecule has 0 saturated carbocycles. The summed E-state index contributed by atoms with van der Waals surface area (Å²) in [6.07, 6.45) is 0. The van der Waals surface area contributed by atoms with Crippen LogP contribution in [0, 0.1) is 3.57 Å². The highest BCUT2D eigenvalue weighted by molar-refractivity contribution is 14.1. The maximum atomic E-state index is 12.1. The molecule has 0 spiro atoms. The van der Waals surface area contributed by atoms with Crippen LogP contribution >= 0.6 is 50.1 Å². The van der Waals surface area contributed by atoms with Crippen LogP contribution in [-0.4, -0.2) is 5.91 Å². The zero-order valence-electron chi connectivity index (χ0n) is 9.79. The highest BCUT2D eigenvalue weighted by Crippen LogP contribution is 2.23. The van der Waals surface area contributed by atoms with Gasteiger partial charge in [-0.25, -0.2) is 0 Å². The first kappa shape index (κ1) is 14.8. The molecule has 0 aliphatic heterocycles. The Kier molecular flexibility index (Phi) is 5.24. The number of benzene rings is 2. The molecule has 2 rings (SSSR count). The molecule has 2 aromatic rings. The molecule has 1 N–H and O–H groups in total. The van der Waals surface area contributed by atoms with Crippen molar-refractivity contribution in [2.45, 2.75) is 5.88 Å². The van der Waals surface area contributed by atoms with E-state index in [-0.39, 0.29) is 5.91 Å². The van der Waals surface area contributed by atoms with E-state index in [4.69, 9.17) is 11.6 Å². The van der Waals surface area contributed by atoms with E-state index in [9.17, 15) is 4.79 Å². The second-order valence-electron chi connectivity index (χ2n) is 3.91. The fourth-order valence-electron chi connectivity index (χ4n) is 1.53. The molecule has 0 saturated heterocycles. The number of alkyl halides is 1. The molecule has 2 aromatic carbocycles. The average molecular weight is 451 g/mol. The third-order valence-corrected chi connectivity index (χ3v) is 4.29. The van der Waals surface area contributed by atoms with Crippen LogP contribution in [0.4, 0.5) is 5.69 Å². The van der Waals surface area contributed by atoms with Gasteiger partial charge in [0.2, 0.25) is 0 Å². The van der Waals surface area contributed by atoms with Gasteiger partial charge in [0.25, 0.3) is 5.91 Å². The maximum Gasteiger partial charge on any atom is 0.255 e. The summed E-state index contributed by atoms with van der Waals surface area (Å²) in [5.41, 5.74) is 2.40. The summed E-state index contributed by atoms with van der Waals surface area (Å²) in [4.78, 5) is 12.1. The fourth-order valence-corrected chi connectivity index (χ4v) is 2.54. The Morgan fingerprint density at radius 3 is 2.53 bits per heavy atom. The summed E-state index contributed by atoms with van der Waals surface area (Å²) in [6.45, 7) is 0. The van der Waals surface area contributed by atoms with Crippen LogP contribution in [0.15, 0.2) is 46.9 Å². The largest absolute Gasteiger partial charge is 0.321 e. The summed E-state index contributed by atoms with van der Waals surface area (Å²) < 4.78 is 1.92. The minimum atomic E-state index is -0.128. The first-order valence-electron chi connectivity index (χ1n) is 5.51. The number of halogens is 3. The van der Waals surface area contributed by atoms with Crippen molar-refractivity contribution >= 4 is 61.7 Å². The van der Waals surface area contributed by atoms with Crippen molar-refractivity contribution in [2.24, 2.45) is 0 Å². The predicted octanol–water partition coefficient (Wildman–Crippen LogP) is 5.04. The quantitative estimate of drug-likeness (QED) is 0.515. The second kappa shape index (κ2) is 6.72. The Balaban J connectivity index is 2.18. The highest BCUT2D eigenvalue weighted by Gasteiger charge is 2.08. The molecule has 2 nitrogen and oxygen atoms in total. The molecule has 0 aromatic heterocycles. The minimum Gasteiger partial charge on any atom is -0.321 e. The summed E-state index contributed by atoms with van der Waals surface area (Å²) in [5.74, 6) is 0.322. The second-order valence-corrected chi connectivity index (χ2v) is 6.25. The Labute approximate surface area is 138 Å². The average Bonchev–Trinajstić information content (AvgIpc) is 2.43. The molecule has 5 heteroatoms. The molecule has 0 radical (unpaired) electrons. The Morgan fingerprint density at radius 2 is 1.89 bits per heavy atom. The fraction of sp³-hybridized carbons (Fsp3) is 0.0714. The SMILES string of the molecule is O=C(Nc1cc(Br)ccc1I)c1ccc(CCl)cc1. The van der Waals surface area contributed by atoms with Crippen molar-refractivity contribution in [3.63, 3.8) is 0 Å². The lowest BCUT2D eigenvalue weighted by atomic mass is 10.1. The number of carbonyl (C=O) groups is 1. The third kappa shape index (κ3) is 3.94. The molecule has 0 heterocycles. The number of nitrogens with one attached hydrogen (secondary N) is 1. The van der Waals surface area contributed by atoms with E-state index >= 15 is 0 Å². The van der Waals surface area contributed by atoms with Gasteiger partial charge in [0.15, 0.2) is 0 Å². The van der Waals surface area contributed by atoms with Crippen LogP contribution in [0.1, 0.15) is 15.9 Å². The Hall–Kier alpha value is -0.590. The summed E-state index contributed by atoms with van der Waals surface area (Å²) in [6, 6.07) is 13.0. The van der Waals surface area contributed by atoms with Gasteiger partial charge < -0.3 is 5.32 Å². The van der Waals surface area contributed by atoms with E-state index < -0.39 is 0 Å². The number of anilines is 1. The van der Waals surface area contributed by atoms with Crippen molar-refractivity contribution in [2.75, 3.05) is 5.32 Å². The van der Waals surface area contributed by atoms with Gasteiger partial charge in [0.05, 0.1) is 5.69 Å². The van der Waals surface area contributed by atoms with Crippen LogP contribution in [0.25, 0.3) is 0 Å².